The Hall–Kier alpha value is -4.84. The third kappa shape index (κ3) is 8.09. The molecule has 3 atom stereocenters. The number of piperazine rings is 1. The Morgan fingerprint density at radius 2 is 1.72 bits per heavy atom. The Kier molecular flexibility index (Phi) is 11.1. The van der Waals surface area contributed by atoms with Crippen LogP contribution in [-0.4, -0.2) is 100.0 Å². The van der Waals surface area contributed by atoms with E-state index in [9.17, 15) is 36.7 Å². The van der Waals surface area contributed by atoms with Crippen molar-refractivity contribution in [2.24, 2.45) is 0 Å². The smallest absolute Gasteiger partial charge is 0.269 e. The Morgan fingerprint density at radius 1 is 0.966 bits per heavy atom. The summed E-state index contributed by atoms with van der Waals surface area (Å²) in [6.07, 6.45) is 1.68. The van der Waals surface area contributed by atoms with Gasteiger partial charge in [-0.15, -0.1) is 0 Å². The highest BCUT2D eigenvalue weighted by Crippen LogP contribution is 2.40. The molecular formula is C41H48F2N8O6S. The summed E-state index contributed by atoms with van der Waals surface area (Å²) in [5.41, 5.74) is 0.197. The van der Waals surface area contributed by atoms with Crippen LogP contribution in [0.3, 0.4) is 0 Å². The highest BCUT2D eigenvalue weighted by atomic mass is 32.2. The molecule has 2 amide bonds. The van der Waals surface area contributed by atoms with E-state index in [1.165, 1.54) is 15.1 Å². The molecular weight excluding hydrogens is 771 g/mol. The number of piperidine rings is 2. The van der Waals surface area contributed by atoms with Crippen LogP contribution in [0.4, 0.5) is 20.4 Å². The second kappa shape index (κ2) is 16.1. The maximum atomic E-state index is 13.9. The minimum atomic E-state index is -3.78. The van der Waals surface area contributed by atoms with Gasteiger partial charge in [-0.05, 0) is 86.9 Å². The van der Waals surface area contributed by atoms with Gasteiger partial charge in [0.1, 0.15) is 5.65 Å². The first-order valence-corrected chi connectivity index (χ1v) is 21.4. The first-order chi connectivity index (χ1) is 27.8. The zero-order valence-corrected chi connectivity index (χ0v) is 33.1. The number of rotatable bonds is 10. The topological polar surface area (TPSA) is 170 Å². The number of aromatic nitrogens is 3. The van der Waals surface area contributed by atoms with Crippen LogP contribution in [0.25, 0.3) is 11.0 Å². The number of alkyl halides is 2. The SMILES string of the molecule is C[C@@]1(O)CCC[C@H]1n1c(=O)c(C(F)F)cc2cnc(NC3CCN(S(=O)(=O)c4cccc(CN5CCN(c6cccc(C7CCC(=O)NC7=O)c6)CC5)c4)CC3)nc21. The number of hydrogen-bond acceptors (Lipinski definition) is 11. The largest absolute Gasteiger partial charge is 0.388 e. The molecule has 1 saturated carbocycles. The molecule has 14 nitrogen and oxygen atoms in total. The van der Waals surface area contributed by atoms with E-state index in [4.69, 9.17) is 0 Å². The van der Waals surface area contributed by atoms with Crippen LogP contribution in [0.2, 0.25) is 0 Å². The second-order valence-electron chi connectivity index (χ2n) is 16.1. The van der Waals surface area contributed by atoms with Crippen molar-refractivity contribution in [3.05, 3.63) is 87.8 Å². The summed E-state index contributed by atoms with van der Waals surface area (Å²) < 4.78 is 58.2. The number of pyridine rings is 1. The fourth-order valence-electron chi connectivity index (χ4n) is 8.94. The summed E-state index contributed by atoms with van der Waals surface area (Å²) in [6, 6.07) is 15.3. The predicted octanol–water partition coefficient (Wildman–Crippen LogP) is 4.31. The van der Waals surface area contributed by atoms with Crippen molar-refractivity contribution in [2.75, 3.05) is 49.5 Å². The van der Waals surface area contributed by atoms with Crippen molar-refractivity contribution in [2.45, 2.75) is 93.3 Å². The van der Waals surface area contributed by atoms with Crippen molar-refractivity contribution < 1.29 is 31.9 Å². The Balaban J connectivity index is 0.879. The number of aliphatic hydroxyl groups is 1. The molecule has 58 heavy (non-hydrogen) atoms. The Bertz CT molecular complexity index is 2380. The molecule has 5 heterocycles. The lowest BCUT2D eigenvalue weighted by Gasteiger charge is -2.36. The van der Waals surface area contributed by atoms with Crippen LogP contribution >= 0.6 is 0 Å². The molecule has 4 aromatic rings. The van der Waals surface area contributed by atoms with E-state index in [-0.39, 0.29) is 58.7 Å². The summed E-state index contributed by atoms with van der Waals surface area (Å²) in [5, 5.41) is 17.0. The third-order valence-electron chi connectivity index (χ3n) is 12.2. The number of sulfonamides is 1. The lowest BCUT2D eigenvalue weighted by atomic mass is 9.90. The van der Waals surface area contributed by atoms with E-state index in [1.807, 2.05) is 30.3 Å². The molecule has 0 bridgehead atoms. The number of fused-ring (bicyclic) bond motifs is 1. The van der Waals surface area contributed by atoms with Gasteiger partial charge in [0.2, 0.25) is 27.8 Å². The molecule has 1 unspecified atom stereocenters. The zero-order valence-electron chi connectivity index (χ0n) is 32.3. The van der Waals surface area contributed by atoms with Gasteiger partial charge < -0.3 is 15.3 Å². The molecule has 8 rings (SSSR count). The Labute approximate surface area is 335 Å². The van der Waals surface area contributed by atoms with Crippen LogP contribution in [0.15, 0.2) is 70.5 Å². The quantitative estimate of drug-likeness (QED) is 0.195. The summed E-state index contributed by atoms with van der Waals surface area (Å²) in [6.45, 7) is 5.82. The number of hydrogen-bond donors (Lipinski definition) is 3. The van der Waals surface area contributed by atoms with Gasteiger partial charge >= 0.3 is 0 Å². The Morgan fingerprint density at radius 3 is 2.43 bits per heavy atom. The molecule has 4 aliphatic rings. The normalized spacial score (nSPS) is 24.1. The number of anilines is 2. The molecule has 2 aromatic heterocycles. The third-order valence-corrected chi connectivity index (χ3v) is 14.1. The molecule has 0 radical (unpaired) electrons. The van der Waals surface area contributed by atoms with Gasteiger partial charge in [0.05, 0.1) is 28.0 Å². The van der Waals surface area contributed by atoms with Gasteiger partial charge in [-0.25, -0.2) is 22.2 Å². The van der Waals surface area contributed by atoms with Crippen LogP contribution in [0.5, 0.6) is 0 Å². The first-order valence-electron chi connectivity index (χ1n) is 20.0. The van der Waals surface area contributed by atoms with Crippen molar-refractivity contribution in [1.82, 2.24) is 29.1 Å². The fraction of sp³-hybridized carbons (Fsp3) is 0.488. The predicted molar refractivity (Wildman–Crippen MR) is 213 cm³/mol. The molecule has 3 aliphatic heterocycles. The molecule has 3 N–H and O–H groups in total. The first kappa shape index (κ1) is 40.0. The molecule has 2 aromatic carbocycles. The number of carbonyl (C=O) groups is 2. The number of nitrogens with zero attached hydrogens (tertiary/aromatic N) is 6. The summed E-state index contributed by atoms with van der Waals surface area (Å²) in [7, 11) is -3.78. The standard InChI is InChI=1S/C41H48F2N8O6S/c1-41(55)14-4-9-34(41)51-37-28(23-33(36(42)43)39(51)54)24-44-40(47-37)45-29-12-15-50(16-13-29)58(56,57)31-8-2-5-26(21-31)25-48-17-19-49(20-18-48)30-7-3-6-27(22-30)32-10-11-35(52)46-38(32)53/h2-3,5-8,21-24,29,32,34,36,55H,4,9-20,25H2,1H3,(H,44,45,47)(H,46,52,53)/t32?,34-,41-/m1/s1. The van der Waals surface area contributed by atoms with Crippen LogP contribution in [-0.2, 0) is 26.2 Å². The maximum absolute atomic E-state index is 13.9. The number of imide groups is 1. The minimum absolute atomic E-state index is 0.165. The number of nitrogens with one attached hydrogen (secondary N) is 2. The summed E-state index contributed by atoms with van der Waals surface area (Å²) >= 11 is 0. The van der Waals surface area contributed by atoms with Crippen molar-refractivity contribution >= 4 is 44.5 Å². The molecule has 3 saturated heterocycles. The van der Waals surface area contributed by atoms with Gasteiger partial charge in [-0.2, -0.15) is 9.29 Å². The average Bonchev–Trinajstić information content (AvgIpc) is 3.56. The van der Waals surface area contributed by atoms with E-state index >= 15 is 0 Å². The van der Waals surface area contributed by atoms with Crippen molar-refractivity contribution in [1.29, 1.82) is 0 Å². The van der Waals surface area contributed by atoms with E-state index < -0.39 is 39.2 Å². The molecule has 1 aliphatic carbocycles. The number of carbonyl (C=O) groups excluding carboxylic acids is 2. The molecule has 308 valence electrons. The fourth-order valence-corrected chi connectivity index (χ4v) is 10.5. The van der Waals surface area contributed by atoms with Gasteiger partial charge in [0, 0.05) is 75.5 Å². The maximum Gasteiger partial charge on any atom is 0.269 e. The molecule has 17 heteroatoms. The molecule has 0 spiro atoms. The van der Waals surface area contributed by atoms with Gasteiger partial charge in [0.25, 0.3) is 12.0 Å². The minimum Gasteiger partial charge on any atom is -0.388 e. The highest BCUT2D eigenvalue weighted by molar-refractivity contribution is 7.89. The highest BCUT2D eigenvalue weighted by Gasteiger charge is 2.40. The van der Waals surface area contributed by atoms with Gasteiger partial charge in [-0.3, -0.25) is 29.2 Å². The van der Waals surface area contributed by atoms with Gasteiger partial charge in [0.15, 0.2) is 0 Å². The molecule has 4 fully saturated rings. The van der Waals surface area contributed by atoms with Crippen LogP contribution < -0.4 is 21.1 Å². The lowest BCUT2D eigenvalue weighted by molar-refractivity contribution is -0.134. The number of amides is 2. The lowest BCUT2D eigenvalue weighted by Crippen LogP contribution is -2.46. The van der Waals surface area contributed by atoms with E-state index in [1.54, 1.807) is 25.1 Å². The zero-order chi connectivity index (χ0) is 40.8. The van der Waals surface area contributed by atoms with Gasteiger partial charge in [-0.1, -0.05) is 24.3 Å². The second-order valence-corrected chi connectivity index (χ2v) is 18.1. The number of benzene rings is 2. The van der Waals surface area contributed by atoms with Crippen molar-refractivity contribution in [3.8, 4) is 0 Å². The van der Waals surface area contributed by atoms with Crippen LogP contribution in [0.1, 0.15) is 86.9 Å². The van der Waals surface area contributed by atoms with E-state index in [2.05, 4.69) is 30.4 Å². The monoisotopic (exact) mass is 818 g/mol. The summed E-state index contributed by atoms with van der Waals surface area (Å²) in [5.74, 6) is -0.626. The summed E-state index contributed by atoms with van der Waals surface area (Å²) in [4.78, 5) is 51.1. The average molecular weight is 819 g/mol. The van der Waals surface area contributed by atoms with E-state index in [0.29, 0.717) is 51.5 Å². The van der Waals surface area contributed by atoms with Crippen LogP contribution in [0, 0.1) is 0 Å². The number of halogens is 2. The van der Waals surface area contributed by atoms with E-state index in [0.717, 1.165) is 49.1 Å². The van der Waals surface area contributed by atoms with Crippen molar-refractivity contribution in [3.63, 3.8) is 0 Å².